The molecule has 2 aromatic rings. The Kier molecular flexibility index (Phi) is 4.59. The van der Waals surface area contributed by atoms with Crippen molar-refractivity contribution in [2.75, 3.05) is 38.8 Å². The molecule has 1 aromatic carbocycles. The van der Waals surface area contributed by atoms with Crippen LogP contribution in [0.2, 0.25) is 0 Å². The molecule has 0 bridgehead atoms. The van der Waals surface area contributed by atoms with E-state index in [1.54, 1.807) is 30.3 Å². The van der Waals surface area contributed by atoms with Crippen molar-refractivity contribution in [2.24, 2.45) is 0 Å². The summed E-state index contributed by atoms with van der Waals surface area (Å²) in [6, 6.07) is 6.66. The number of nitrogens with zero attached hydrogens (tertiary/aromatic N) is 2. The van der Waals surface area contributed by atoms with Gasteiger partial charge in [0.05, 0.1) is 44.2 Å². The topological polar surface area (TPSA) is 83.9 Å². The maximum Gasteiger partial charge on any atom is 0.322 e. The molecule has 23 heavy (non-hydrogen) atoms. The largest absolute Gasteiger partial charge is 0.496 e. The average molecular weight is 317 g/mol. The zero-order valence-corrected chi connectivity index (χ0v) is 12.9. The molecule has 2 heterocycles. The Hall–Kier alpha value is -2.38. The summed E-state index contributed by atoms with van der Waals surface area (Å²) >= 11 is 0. The number of anilines is 1. The monoisotopic (exact) mass is 317 g/mol. The molecule has 3 rings (SSSR count). The summed E-state index contributed by atoms with van der Waals surface area (Å²) in [5, 5.41) is 13.1. The highest BCUT2D eigenvalue weighted by Crippen LogP contribution is 2.30. The van der Waals surface area contributed by atoms with E-state index in [0.29, 0.717) is 36.7 Å². The van der Waals surface area contributed by atoms with E-state index in [1.807, 2.05) is 12.1 Å². The molecule has 7 nitrogen and oxygen atoms in total. The summed E-state index contributed by atoms with van der Waals surface area (Å²) in [6.07, 6.45) is 1.67. The van der Waals surface area contributed by atoms with Crippen LogP contribution in [0.4, 0.5) is 10.5 Å². The number of ether oxygens (including phenoxy) is 2. The van der Waals surface area contributed by atoms with Crippen molar-refractivity contribution in [1.82, 2.24) is 9.88 Å². The molecule has 2 N–H and O–H groups in total. The van der Waals surface area contributed by atoms with Crippen LogP contribution in [-0.4, -0.2) is 60.5 Å². The second-order valence-electron chi connectivity index (χ2n) is 5.25. The predicted octanol–water partition coefficient (Wildman–Crippen LogP) is 1.47. The molecule has 0 saturated carbocycles. The number of aliphatic hydroxyl groups excluding tert-OH is 1. The maximum atomic E-state index is 12.5. The zero-order valence-electron chi connectivity index (χ0n) is 12.9. The van der Waals surface area contributed by atoms with Crippen LogP contribution in [0.25, 0.3) is 10.9 Å². The summed E-state index contributed by atoms with van der Waals surface area (Å²) in [6.45, 7) is 1.12. The number of aliphatic hydroxyl groups is 1. The minimum Gasteiger partial charge on any atom is -0.496 e. The second kappa shape index (κ2) is 6.80. The number of hydrogen-bond acceptors (Lipinski definition) is 5. The van der Waals surface area contributed by atoms with E-state index in [-0.39, 0.29) is 18.7 Å². The van der Waals surface area contributed by atoms with Crippen molar-refractivity contribution in [2.45, 2.75) is 6.04 Å². The molecule has 1 aromatic heterocycles. The lowest BCUT2D eigenvalue weighted by Crippen LogP contribution is -2.52. The van der Waals surface area contributed by atoms with Gasteiger partial charge in [-0.2, -0.15) is 0 Å². The molecule has 0 spiro atoms. The van der Waals surface area contributed by atoms with Gasteiger partial charge in [0, 0.05) is 18.1 Å². The van der Waals surface area contributed by atoms with Crippen LogP contribution >= 0.6 is 0 Å². The number of nitrogens with one attached hydrogen (secondary N) is 1. The highest BCUT2D eigenvalue weighted by atomic mass is 16.5. The van der Waals surface area contributed by atoms with Gasteiger partial charge >= 0.3 is 6.03 Å². The van der Waals surface area contributed by atoms with Gasteiger partial charge in [-0.05, 0) is 24.3 Å². The molecule has 0 aliphatic carbocycles. The summed E-state index contributed by atoms with van der Waals surface area (Å²) in [5.41, 5.74) is 1.27. The Bertz CT molecular complexity index is 707. The van der Waals surface area contributed by atoms with E-state index in [4.69, 9.17) is 9.47 Å². The van der Waals surface area contributed by atoms with E-state index in [0.717, 1.165) is 5.39 Å². The summed E-state index contributed by atoms with van der Waals surface area (Å²) < 4.78 is 10.6. The number of morpholine rings is 1. The fourth-order valence-electron chi connectivity index (χ4n) is 2.69. The highest BCUT2D eigenvalue weighted by Gasteiger charge is 2.27. The molecule has 1 fully saturated rings. The van der Waals surface area contributed by atoms with Crippen molar-refractivity contribution >= 4 is 22.6 Å². The molecular formula is C16H19N3O4. The van der Waals surface area contributed by atoms with Crippen LogP contribution in [0.3, 0.4) is 0 Å². The molecule has 2 amide bonds. The van der Waals surface area contributed by atoms with E-state index in [1.165, 1.54) is 0 Å². The second-order valence-corrected chi connectivity index (χ2v) is 5.25. The van der Waals surface area contributed by atoms with Crippen molar-refractivity contribution in [3.05, 3.63) is 30.5 Å². The van der Waals surface area contributed by atoms with Crippen LogP contribution < -0.4 is 10.1 Å². The molecule has 7 heteroatoms. The van der Waals surface area contributed by atoms with Gasteiger partial charge in [0.25, 0.3) is 0 Å². The summed E-state index contributed by atoms with van der Waals surface area (Å²) in [4.78, 5) is 18.4. The lowest BCUT2D eigenvalue weighted by atomic mass is 10.1. The Morgan fingerprint density at radius 2 is 2.39 bits per heavy atom. The number of benzene rings is 1. The Morgan fingerprint density at radius 3 is 3.17 bits per heavy atom. The molecule has 1 atom stereocenters. The number of amides is 2. The van der Waals surface area contributed by atoms with Gasteiger partial charge in [-0.25, -0.2) is 4.79 Å². The maximum absolute atomic E-state index is 12.5. The number of fused-ring (bicyclic) bond motifs is 1. The minimum atomic E-state index is -0.332. The van der Waals surface area contributed by atoms with Gasteiger partial charge < -0.3 is 24.8 Å². The number of methoxy groups -OCH3 is 1. The third-order valence-corrected chi connectivity index (χ3v) is 3.89. The van der Waals surface area contributed by atoms with E-state index < -0.39 is 0 Å². The number of carbonyl (C=O) groups excluding carboxylic acids is 1. The normalized spacial score (nSPS) is 18.0. The Morgan fingerprint density at radius 1 is 1.52 bits per heavy atom. The van der Waals surface area contributed by atoms with Crippen LogP contribution in [-0.2, 0) is 4.74 Å². The van der Waals surface area contributed by atoms with Crippen molar-refractivity contribution in [1.29, 1.82) is 0 Å². The third kappa shape index (κ3) is 3.06. The van der Waals surface area contributed by atoms with Gasteiger partial charge in [0.2, 0.25) is 0 Å². The molecule has 0 radical (unpaired) electrons. The van der Waals surface area contributed by atoms with Gasteiger partial charge in [-0.3, -0.25) is 4.98 Å². The fraction of sp³-hybridized carbons (Fsp3) is 0.375. The van der Waals surface area contributed by atoms with E-state index >= 15 is 0 Å². The third-order valence-electron chi connectivity index (χ3n) is 3.89. The molecule has 1 aliphatic heterocycles. The van der Waals surface area contributed by atoms with Crippen LogP contribution in [0.1, 0.15) is 0 Å². The number of hydrogen-bond donors (Lipinski definition) is 2. The highest BCUT2D eigenvalue weighted by molar-refractivity contribution is 6.01. The van der Waals surface area contributed by atoms with Crippen LogP contribution in [0, 0.1) is 0 Å². The number of pyridine rings is 1. The first kappa shape index (κ1) is 15.5. The fourth-order valence-corrected chi connectivity index (χ4v) is 2.69. The first-order valence-electron chi connectivity index (χ1n) is 7.42. The van der Waals surface area contributed by atoms with Gasteiger partial charge in [-0.15, -0.1) is 0 Å². The predicted molar refractivity (Wildman–Crippen MR) is 85.7 cm³/mol. The minimum absolute atomic E-state index is 0.130. The lowest BCUT2D eigenvalue weighted by Gasteiger charge is -2.34. The molecule has 0 unspecified atom stereocenters. The molecule has 1 aliphatic rings. The van der Waals surface area contributed by atoms with Crippen molar-refractivity contribution in [3.8, 4) is 5.75 Å². The van der Waals surface area contributed by atoms with Crippen molar-refractivity contribution in [3.63, 3.8) is 0 Å². The van der Waals surface area contributed by atoms with Gasteiger partial charge in [0.1, 0.15) is 5.75 Å². The molecule has 122 valence electrons. The molecular weight excluding hydrogens is 298 g/mol. The van der Waals surface area contributed by atoms with Gasteiger partial charge in [-0.1, -0.05) is 0 Å². The lowest BCUT2D eigenvalue weighted by molar-refractivity contribution is -0.00484. The first-order valence-corrected chi connectivity index (χ1v) is 7.42. The smallest absolute Gasteiger partial charge is 0.322 e. The Labute approximate surface area is 133 Å². The van der Waals surface area contributed by atoms with Gasteiger partial charge in [0.15, 0.2) is 0 Å². The SMILES string of the molecule is COc1ccc(NC(=O)N2CCOC[C@H]2CO)c2ncccc12. The van der Waals surface area contributed by atoms with Crippen LogP contribution in [0.5, 0.6) is 5.75 Å². The first-order chi connectivity index (χ1) is 11.2. The molecule has 1 saturated heterocycles. The van der Waals surface area contributed by atoms with Crippen LogP contribution in [0.15, 0.2) is 30.5 Å². The standard InChI is InChI=1S/C16H19N3O4/c1-22-14-5-4-13(15-12(14)3-2-6-17-15)18-16(21)19-7-8-23-10-11(19)9-20/h2-6,11,20H,7-10H2,1H3,(H,18,21)/t11-/m1/s1. The van der Waals surface area contributed by atoms with E-state index in [2.05, 4.69) is 10.3 Å². The average Bonchev–Trinajstić information content (AvgIpc) is 2.62. The summed E-state index contributed by atoms with van der Waals surface area (Å²) in [7, 11) is 1.60. The number of aromatic nitrogens is 1. The number of rotatable bonds is 3. The number of carbonyl (C=O) groups is 1. The number of urea groups is 1. The van der Waals surface area contributed by atoms with Crippen molar-refractivity contribution < 1.29 is 19.4 Å². The zero-order chi connectivity index (χ0) is 16.2. The Balaban J connectivity index is 1.88. The quantitative estimate of drug-likeness (QED) is 0.895. The van der Waals surface area contributed by atoms with E-state index in [9.17, 15) is 9.90 Å². The summed E-state index contributed by atoms with van der Waals surface area (Å²) in [5.74, 6) is 0.700.